The smallest absolute Gasteiger partial charge is 0.139 e. The van der Waals surface area contributed by atoms with Crippen LogP contribution in [0.15, 0.2) is 177 Å². The van der Waals surface area contributed by atoms with Crippen molar-refractivity contribution in [1.82, 2.24) is 0 Å². The second-order valence-corrected chi connectivity index (χ2v) is 41.6. The summed E-state index contributed by atoms with van der Waals surface area (Å²) in [6, 6.07) is 31.9. The topological polar surface area (TPSA) is 216 Å². The quantitative estimate of drug-likeness (QED) is 0.0133. The number of benzene rings is 8. The van der Waals surface area contributed by atoms with E-state index >= 15 is 0 Å². The van der Waals surface area contributed by atoms with Crippen molar-refractivity contribution in [3.8, 4) is 57.5 Å². The number of allylic oxidation sites excluding steroid dienone is 11. The Morgan fingerprint density at radius 2 is 0.899 bits per heavy atom. The molecule has 13 heteroatoms. The Hall–Kier alpha value is -10.5. The molecule has 13 nitrogen and oxygen atoms in total. The first kappa shape index (κ1) is 113. The van der Waals surface area contributed by atoms with Crippen LogP contribution in [0.5, 0.6) is 57.5 Å². The van der Waals surface area contributed by atoms with Crippen molar-refractivity contribution in [2.75, 3.05) is 7.11 Å². The number of aryl methyl sites for hydroxylation is 8. The lowest BCUT2D eigenvalue weighted by molar-refractivity contribution is -0.0432. The molecule has 10 aromatic rings. The van der Waals surface area contributed by atoms with Gasteiger partial charge in [-0.05, 0) is 390 Å². The zero-order valence-corrected chi connectivity index (χ0v) is 89.1. The SMILES string of the molecule is C=C(C)c1ccc(C)c2oc3cc(CCCCC)cc(O)c3c12.CCCCCc1cc(O)c(C/C=C(\C)CCC=C(C)C)c(O)c1.CCCCCc1cc(O)c(C/C=C(\C)CCC=C(C)C)c(OC)c1.CCCCCc1cc(O)c2c(c1)OC1C(C)CCC(C(C)(C)O)C21.CCCCCc1cc(O)c2c(c1)oc1c(C)ccc(C(C)C)c12.CCCc1cc(O)c2c(c1)OC(C)(CCC=C(C)C)C=C2. The van der Waals surface area contributed by atoms with Gasteiger partial charge in [0.1, 0.15) is 91.5 Å². The van der Waals surface area contributed by atoms with Gasteiger partial charge in [-0.1, -0.05) is 228 Å². The molecule has 2 aromatic heterocycles. The third-order valence-corrected chi connectivity index (χ3v) is 27.4. The predicted molar refractivity (Wildman–Crippen MR) is 584 cm³/mol. The van der Waals surface area contributed by atoms with Crippen molar-refractivity contribution in [3.05, 3.63) is 246 Å². The molecule has 4 heterocycles. The minimum Gasteiger partial charge on any atom is -0.508 e. The van der Waals surface area contributed by atoms with E-state index in [-0.39, 0.29) is 35.0 Å². The zero-order valence-electron chi connectivity index (χ0n) is 89.1. The van der Waals surface area contributed by atoms with E-state index in [1.54, 1.807) is 19.2 Å². The number of aliphatic hydroxyl groups is 1. The summed E-state index contributed by atoms with van der Waals surface area (Å²) in [4.78, 5) is 0. The molecular weight excluding hydrogens is 1710 g/mol. The van der Waals surface area contributed by atoms with E-state index in [0.717, 1.165) is 262 Å². The molecule has 8 N–H and O–H groups in total. The van der Waals surface area contributed by atoms with E-state index in [9.17, 15) is 40.9 Å². The maximum absolute atomic E-state index is 10.7. The highest BCUT2D eigenvalue weighted by molar-refractivity contribution is 6.14. The predicted octanol–water partition coefficient (Wildman–Crippen LogP) is 35.3. The van der Waals surface area contributed by atoms with Gasteiger partial charge in [-0.15, -0.1) is 0 Å². The third-order valence-electron chi connectivity index (χ3n) is 27.4. The average Bonchev–Trinajstić information content (AvgIpc) is 1.58. The first-order valence-electron chi connectivity index (χ1n) is 52.4. The molecule has 752 valence electrons. The van der Waals surface area contributed by atoms with E-state index in [0.29, 0.717) is 59.0 Å². The van der Waals surface area contributed by atoms with Crippen LogP contribution >= 0.6 is 0 Å². The standard InChI is InChI=1S/C22H34O2.C21H32O3.C21H26O2.C21H24O2.C21H32O2.C19H26O2/c1-6-7-8-12-19-15-21(23)20(22(16-19)24-5)14-13-18(4)11-9-10-17(2)3;1-5-6-7-8-14-11-16(22)19-17(12-14)24-20-13(2)9-10-15(18(19)20)21(3,4)23;2*1-5-6-7-8-15-11-17(22)20-18(12-15)23-21-14(4)9-10-16(13(2)3)19(20)21;1-5-6-7-11-18-14-20(22)19(21(23)15-18)13-12-17(4)10-8-9-16(2)3;1-5-7-15-12-17(20)16-9-11-19(4,21-18(16)13-15)10-6-8-14(2)3/h10,13,15-16,23H,6-9,11-12,14H2,1-5H3;11-13,15,18,20,22-23H,5-10H2,1-4H3;9-13,22H,5-8H2,1-4H3;9-12,22H,2,5-8H2,1,3-4H3;9,12,14-15,22-23H,5-8,10-11,13H2,1-4H3;8-9,11-13,20H,5-7,10H2,1-4H3/b18-13+;;;;17-12+;. The molecule has 5 unspecified atom stereocenters. The summed E-state index contributed by atoms with van der Waals surface area (Å²) in [5.41, 5.74) is 24.4. The molecule has 0 amide bonds. The van der Waals surface area contributed by atoms with Crippen LogP contribution in [0.2, 0.25) is 0 Å². The molecular formula is C125H174O13. The van der Waals surface area contributed by atoms with Gasteiger partial charge < -0.3 is 63.9 Å². The number of phenolic OH excluding ortho intramolecular Hbond substituents is 7. The lowest BCUT2D eigenvalue weighted by atomic mass is 9.65. The number of fused-ring (bicyclic) bond motifs is 10. The van der Waals surface area contributed by atoms with Crippen LogP contribution in [0.3, 0.4) is 0 Å². The molecule has 5 atom stereocenters. The normalized spacial score (nSPS) is 15.9. The van der Waals surface area contributed by atoms with Gasteiger partial charge in [0.25, 0.3) is 0 Å². The Kier molecular flexibility index (Phi) is 44.9. The molecule has 0 saturated heterocycles. The van der Waals surface area contributed by atoms with Crippen LogP contribution in [-0.2, 0) is 51.4 Å². The highest BCUT2D eigenvalue weighted by Gasteiger charge is 2.51. The number of ether oxygens (including phenoxy) is 3. The maximum atomic E-state index is 10.7. The van der Waals surface area contributed by atoms with E-state index in [4.69, 9.17) is 23.0 Å². The van der Waals surface area contributed by atoms with Gasteiger partial charge in [-0.2, -0.15) is 0 Å². The number of rotatable bonds is 39. The highest BCUT2D eigenvalue weighted by atomic mass is 16.5. The summed E-state index contributed by atoms with van der Waals surface area (Å²) in [6.07, 6.45) is 49.2. The Balaban J connectivity index is 0.000000203. The number of unbranched alkanes of at least 4 members (excludes halogenated alkanes) is 10. The third kappa shape index (κ3) is 32.5. The van der Waals surface area contributed by atoms with Crippen molar-refractivity contribution < 1.29 is 63.9 Å². The highest BCUT2D eigenvalue weighted by Crippen LogP contribution is 2.57. The first-order valence-corrected chi connectivity index (χ1v) is 52.4. The van der Waals surface area contributed by atoms with E-state index in [1.807, 2.05) is 70.2 Å². The molecule has 8 aromatic carbocycles. The average molecular weight is 1880 g/mol. The number of methoxy groups -OCH3 is 1. The summed E-state index contributed by atoms with van der Waals surface area (Å²) < 4.78 is 30.3. The molecule has 138 heavy (non-hydrogen) atoms. The number of phenols is 7. The second-order valence-electron chi connectivity index (χ2n) is 41.6. The lowest BCUT2D eigenvalue weighted by Crippen LogP contribution is -2.45. The van der Waals surface area contributed by atoms with Gasteiger partial charge >= 0.3 is 0 Å². The molecule has 13 rings (SSSR count). The van der Waals surface area contributed by atoms with Gasteiger partial charge in [0.2, 0.25) is 0 Å². The maximum Gasteiger partial charge on any atom is 0.139 e. The molecule has 0 bridgehead atoms. The summed E-state index contributed by atoms with van der Waals surface area (Å²) in [5, 5.41) is 87.3. The Bertz CT molecular complexity index is 5780. The summed E-state index contributed by atoms with van der Waals surface area (Å²) in [7, 11) is 1.68. The number of hydrogen-bond donors (Lipinski definition) is 8. The van der Waals surface area contributed by atoms with Gasteiger partial charge in [-0.25, -0.2) is 0 Å². The Morgan fingerprint density at radius 1 is 0.478 bits per heavy atom. The van der Waals surface area contributed by atoms with Crippen LogP contribution in [0, 0.1) is 25.7 Å². The Morgan fingerprint density at radius 3 is 1.37 bits per heavy atom. The monoisotopic (exact) mass is 1880 g/mol. The first-order chi connectivity index (χ1) is 65.7. The summed E-state index contributed by atoms with van der Waals surface area (Å²) in [6.45, 7) is 52.7. The van der Waals surface area contributed by atoms with Crippen LogP contribution in [0.25, 0.3) is 55.5 Å². The van der Waals surface area contributed by atoms with Gasteiger partial charge in [0.15, 0.2) is 0 Å². The molecule has 3 aliphatic rings. The molecule has 2 aliphatic heterocycles. The fourth-order valence-corrected chi connectivity index (χ4v) is 19.4. The van der Waals surface area contributed by atoms with Crippen molar-refractivity contribution in [2.45, 2.75) is 394 Å². The molecule has 1 aliphatic carbocycles. The van der Waals surface area contributed by atoms with Crippen LogP contribution in [0.1, 0.15) is 389 Å². The molecule has 0 spiro atoms. The number of furan rings is 2. The van der Waals surface area contributed by atoms with Gasteiger partial charge in [0, 0.05) is 33.4 Å². The van der Waals surface area contributed by atoms with E-state index in [2.05, 4.69) is 223 Å². The van der Waals surface area contributed by atoms with Crippen molar-refractivity contribution >= 4 is 55.5 Å². The van der Waals surface area contributed by atoms with Crippen molar-refractivity contribution in [2.24, 2.45) is 11.8 Å². The van der Waals surface area contributed by atoms with Gasteiger partial charge in [-0.3, -0.25) is 0 Å². The molecule has 1 fully saturated rings. The lowest BCUT2D eigenvalue weighted by Gasteiger charge is -2.42. The summed E-state index contributed by atoms with van der Waals surface area (Å²) >= 11 is 0. The summed E-state index contributed by atoms with van der Waals surface area (Å²) in [5.74, 6) is 5.62. The van der Waals surface area contributed by atoms with Crippen LogP contribution in [0.4, 0.5) is 0 Å². The fourth-order valence-electron chi connectivity index (χ4n) is 19.4. The van der Waals surface area contributed by atoms with Crippen LogP contribution in [-0.4, -0.2) is 65.3 Å². The molecule has 0 radical (unpaired) electrons. The van der Waals surface area contributed by atoms with E-state index in [1.165, 1.54) is 97.6 Å². The van der Waals surface area contributed by atoms with E-state index < -0.39 is 5.60 Å². The van der Waals surface area contributed by atoms with Gasteiger partial charge in [0.05, 0.1) is 29.0 Å². The zero-order chi connectivity index (χ0) is 101. The van der Waals surface area contributed by atoms with Crippen LogP contribution < -0.4 is 14.2 Å². The van der Waals surface area contributed by atoms with Crippen molar-refractivity contribution in [3.63, 3.8) is 0 Å². The molecule has 1 saturated carbocycles. The minimum absolute atomic E-state index is 0.0713. The second kappa shape index (κ2) is 54.9. The minimum atomic E-state index is -0.764. The fraction of sp³-hybridized carbons (Fsp3) is 0.504. The number of aromatic hydroxyl groups is 7. The Labute approximate surface area is 830 Å². The number of hydrogen-bond acceptors (Lipinski definition) is 13. The largest absolute Gasteiger partial charge is 0.508 e. The van der Waals surface area contributed by atoms with Crippen molar-refractivity contribution in [1.29, 1.82) is 0 Å².